The van der Waals surface area contributed by atoms with Crippen LogP contribution >= 0.6 is 23.2 Å². The number of carbonyl (C=O) groups is 2. The lowest BCUT2D eigenvalue weighted by Crippen LogP contribution is -2.54. The number of hydrogen-bond acceptors (Lipinski definition) is 4. The van der Waals surface area contributed by atoms with E-state index < -0.39 is 28.5 Å². The highest BCUT2D eigenvalue weighted by Gasteiger charge is 2.35. The number of nitrogens with one attached hydrogen (secondary N) is 1. The van der Waals surface area contributed by atoms with Crippen LogP contribution in [0.4, 0.5) is 5.69 Å². The van der Waals surface area contributed by atoms with E-state index in [0.29, 0.717) is 0 Å². The summed E-state index contributed by atoms with van der Waals surface area (Å²) in [6.45, 7) is 6.94. The fraction of sp³-hybridized carbons (Fsp3) is 0.257. The first kappa shape index (κ1) is 34.0. The summed E-state index contributed by atoms with van der Waals surface area (Å²) in [5.41, 5.74) is 3.54. The molecule has 1 atom stereocenters. The summed E-state index contributed by atoms with van der Waals surface area (Å²) in [5.74, 6) is -0.922. The Bertz CT molecular complexity index is 1750. The largest absolute Gasteiger partial charge is 0.352 e. The normalized spacial score (nSPS) is 12.1. The Labute approximate surface area is 275 Å². The van der Waals surface area contributed by atoms with Gasteiger partial charge in [-0.3, -0.25) is 13.9 Å². The van der Waals surface area contributed by atoms with Gasteiger partial charge in [-0.2, -0.15) is 0 Å². The van der Waals surface area contributed by atoms with Crippen molar-refractivity contribution < 1.29 is 18.0 Å². The van der Waals surface area contributed by atoms with Crippen LogP contribution in [-0.4, -0.2) is 43.8 Å². The molecule has 1 unspecified atom stereocenters. The monoisotopic (exact) mass is 665 g/mol. The molecule has 4 aromatic rings. The lowest BCUT2D eigenvalue weighted by atomic mass is 10.0. The predicted octanol–water partition coefficient (Wildman–Crippen LogP) is 6.97. The first-order valence-corrected chi connectivity index (χ1v) is 16.8. The Hall–Kier alpha value is -3.85. The van der Waals surface area contributed by atoms with E-state index >= 15 is 0 Å². The third-order valence-electron chi connectivity index (χ3n) is 7.37. The lowest BCUT2D eigenvalue weighted by molar-refractivity contribution is -0.140. The van der Waals surface area contributed by atoms with Gasteiger partial charge in [0, 0.05) is 24.0 Å². The van der Waals surface area contributed by atoms with Crippen LogP contribution in [-0.2, 0) is 32.6 Å². The number of rotatable bonds is 12. The Morgan fingerprint density at radius 3 is 2.13 bits per heavy atom. The third-order valence-corrected chi connectivity index (χ3v) is 9.70. The van der Waals surface area contributed by atoms with Gasteiger partial charge in [-0.25, -0.2) is 8.42 Å². The molecule has 7 nitrogen and oxygen atoms in total. The number of sulfonamides is 1. The fourth-order valence-electron chi connectivity index (χ4n) is 4.93. The summed E-state index contributed by atoms with van der Waals surface area (Å²) in [7, 11) is -4.30. The minimum absolute atomic E-state index is 0.0132. The van der Waals surface area contributed by atoms with Gasteiger partial charge in [-0.15, -0.1) is 0 Å². The van der Waals surface area contributed by atoms with E-state index in [1.54, 1.807) is 18.2 Å². The minimum atomic E-state index is -4.30. The number of benzene rings is 4. The summed E-state index contributed by atoms with van der Waals surface area (Å²) in [4.78, 5) is 29.8. The molecule has 4 rings (SSSR count). The van der Waals surface area contributed by atoms with Crippen molar-refractivity contribution in [3.8, 4) is 0 Å². The molecule has 0 spiro atoms. The van der Waals surface area contributed by atoms with Crippen molar-refractivity contribution in [2.45, 2.75) is 57.6 Å². The molecule has 0 fully saturated rings. The molecule has 1 N–H and O–H groups in total. The topological polar surface area (TPSA) is 86.8 Å². The van der Waals surface area contributed by atoms with Gasteiger partial charge in [0.05, 0.1) is 15.6 Å². The van der Waals surface area contributed by atoms with E-state index in [1.807, 2.05) is 82.3 Å². The minimum Gasteiger partial charge on any atom is -0.352 e. The molecule has 45 heavy (non-hydrogen) atoms. The van der Waals surface area contributed by atoms with Crippen LogP contribution in [0.25, 0.3) is 0 Å². The number of halogens is 2. The molecule has 0 radical (unpaired) electrons. The van der Waals surface area contributed by atoms with Crippen LogP contribution in [0.3, 0.4) is 0 Å². The zero-order chi connectivity index (χ0) is 32.7. The average molecular weight is 667 g/mol. The van der Waals surface area contributed by atoms with Crippen molar-refractivity contribution >= 4 is 50.7 Å². The Balaban J connectivity index is 1.84. The van der Waals surface area contributed by atoms with Gasteiger partial charge >= 0.3 is 0 Å². The van der Waals surface area contributed by atoms with Crippen molar-refractivity contribution in [2.75, 3.05) is 10.8 Å². The zero-order valence-electron chi connectivity index (χ0n) is 25.7. The summed E-state index contributed by atoms with van der Waals surface area (Å²) in [5, 5.41) is 3.31. The van der Waals surface area contributed by atoms with Crippen LogP contribution in [0.15, 0.2) is 102 Å². The fourth-order valence-corrected chi connectivity index (χ4v) is 6.79. The maximum absolute atomic E-state index is 14.6. The molecule has 10 heteroatoms. The second-order valence-electron chi connectivity index (χ2n) is 11.2. The highest BCUT2D eigenvalue weighted by Crippen LogP contribution is 2.33. The van der Waals surface area contributed by atoms with Crippen LogP contribution in [0.5, 0.6) is 0 Å². The van der Waals surface area contributed by atoms with E-state index in [1.165, 1.54) is 29.2 Å². The van der Waals surface area contributed by atoms with E-state index in [9.17, 15) is 18.0 Å². The Morgan fingerprint density at radius 1 is 0.844 bits per heavy atom. The van der Waals surface area contributed by atoms with Gasteiger partial charge in [0.25, 0.3) is 10.0 Å². The van der Waals surface area contributed by atoms with Crippen molar-refractivity contribution in [3.05, 3.63) is 129 Å². The van der Waals surface area contributed by atoms with Crippen LogP contribution in [0, 0.1) is 13.8 Å². The van der Waals surface area contributed by atoms with Crippen LogP contribution in [0.1, 0.15) is 36.1 Å². The maximum atomic E-state index is 14.6. The molecule has 236 valence electrons. The molecule has 0 heterocycles. The smallest absolute Gasteiger partial charge is 0.264 e. The van der Waals surface area contributed by atoms with Gasteiger partial charge in [0.1, 0.15) is 12.6 Å². The zero-order valence-corrected chi connectivity index (χ0v) is 28.0. The van der Waals surface area contributed by atoms with Crippen LogP contribution < -0.4 is 9.62 Å². The van der Waals surface area contributed by atoms with Gasteiger partial charge in [-0.1, -0.05) is 95.5 Å². The standard InChI is InChI=1S/C35H37Cl2N3O4S/c1-24(2)38-35(42)33(20-27-11-6-5-7-12-27)39(22-28-13-9-8-10-26(28)4)34(41)23-40(32-21-29(36)16-19-31(32)37)45(43,44)30-17-14-25(3)15-18-30/h5-19,21,24,33H,20,22-23H2,1-4H3,(H,38,42). The number of amides is 2. The number of aryl methyl sites for hydroxylation is 2. The molecule has 0 saturated heterocycles. The first-order chi connectivity index (χ1) is 21.4. The molecular weight excluding hydrogens is 629 g/mol. The van der Waals surface area contributed by atoms with E-state index in [0.717, 1.165) is 26.6 Å². The molecule has 0 bridgehead atoms. The molecule has 0 aliphatic heterocycles. The molecular formula is C35H37Cl2N3O4S. The molecule has 0 saturated carbocycles. The van der Waals surface area contributed by atoms with Crippen molar-refractivity contribution in [1.82, 2.24) is 10.2 Å². The quantitative estimate of drug-likeness (QED) is 0.177. The Morgan fingerprint density at radius 2 is 1.49 bits per heavy atom. The van der Waals surface area contributed by atoms with Gasteiger partial charge in [-0.05, 0) is 74.7 Å². The van der Waals surface area contributed by atoms with Gasteiger partial charge in [0.2, 0.25) is 11.8 Å². The highest BCUT2D eigenvalue weighted by atomic mass is 35.5. The van der Waals surface area contributed by atoms with Crippen molar-refractivity contribution in [2.24, 2.45) is 0 Å². The second-order valence-corrected chi connectivity index (χ2v) is 13.9. The second kappa shape index (κ2) is 15.0. The highest BCUT2D eigenvalue weighted by molar-refractivity contribution is 7.92. The third kappa shape index (κ3) is 8.66. The number of nitrogens with zero attached hydrogens (tertiary/aromatic N) is 2. The summed E-state index contributed by atoms with van der Waals surface area (Å²) in [6.07, 6.45) is 0.222. The van der Waals surface area contributed by atoms with Gasteiger partial charge in [0.15, 0.2) is 0 Å². The predicted molar refractivity (Wildman–Crippen MR) is 181 cm³/mol. The SMILES string of the molecule is Cc1ccc(S(=O)(=O)N(CC(=O)N(Cc2ccccc2C)C(Cc2ccccc2)C(=O)NC(C)C)c2cc(Cl)ccc2Cl)cc1. The summed E-state index contributed by atoms with van der Waals surface area (Å²) >= 11 is 12.9. The summed E-state index contributed by atoms with van der Waals surface area (Å²) in [6, 6.07) is 26.7. The molecule has 4 aromatic carbocycles. The molecule has 0 aliphatic carbocycles. The average Bonchev–Trinajstić information content (AvgIpc) is 3.00. The molecule has 2 amide bonds. The lowest BCUT2D eigenvalue weighted by Gasteiger charge is -2.34. The van der Waals surface area contributed by atoms with E-state index in [4.69, 9.17) is 23.2 Å². The van der Waals surface area contributed by atoms with E-state index in [2.05, 4.69) is 5.32 Å². The van der Waals surface area contributed by atoms with Crippen molar-refractivity contribution in [1.29, 1.82) is 0 Å². The van der Waals surface area contributed by atoms with Crippen molar-refractivity contribution in [3.63, 3.8) is 0 Å². The number of hydrogen-bond donors (Lipinski definition) is 1. The summed E-state index contributed by atoms with van der Waals surface area (Å²) < 4.78 is 29.4. The van der Waals surface area contributed by atoms with E-state index in [-0.39, 0.29) is 45.5 Å². The first-order valence-electron chi connectivity index (χ1n) is 14.6. The number of carbonyl (C=O) groups excluding carboxylic acids is 2. The Kier molecular flexibility index (Phi) is 11.3. The molecule has 0 aliphatic rings. The maximum Gasteiger partial charge on any atom is 0.264 e. The van der Waals surface area contributed by atoms with Gasteiger partial charge < -0.3 is 10.2 Å². The molecule has 0 aromatic heterocycles. The van der Waals surface area contributed by atoms with Crippen LogP contribution in [0.2, 0.25) is 10.0 Å². The number of anilines is 1.